The molecule has 7 nitrogen and oxygen atoms in total. The first kappa shape index (κ1) is 12.0. The van der Waals surface area contributed by atoms with Crippen LogP contribution in [0.4, 0.5) is 5.82 Å². The van der Waals surface area contributed by atoms with Gasteiger partial charge in [-0.3, -0.25) is 9.59 Å². The topological polar surface area (TPSA) is 93.3 Å². The highest BCUT2D eigenvalue weighted by atomic mass is 16.5. The minimum atomic E-state index is -0.377. The zero-order valence-electron chi connectivity index (χ0n) is 9.07. The average Bonchev–Trinajstić information content (AvgIpc) is 2.29. The maximum Gasteiger partial charge on any atom is 0.307 e. The van der Waals surface area contributed by atoms with Crippen LogP contribution in [0.1, 0.15) is 6.42 Å². The number of carbonyl (C=O) groups excluding carboxylic acids is 1. The standard InChI is InChI=1S/C9H13N3O4/c1-15-6(13)3-4-10-8-7(16-2)9(14)12-5-11-8/h5H,3-4H2,1-2H3,(H2,10,11,12,14). The molecular weight excluding hydrogens is 214 g/mol. The van der Waals surface area contributed by atoms with E-state index in [2.05, 4.69) is 20.0 Å². The first-order chi connectivity index (χ1) is 7.69. The van der Waals surface area contributed by atoms with E-state index in [4.69, 9.17) is 4.74 Å². The zero-order valence-corrected chi connectivity index (χ0v) is 9.07. The van der Waals surface area contributed by atoms with Crippen molar-refractivity contribution in [1.82, 2.24) is 9.97 Å². The Balaban J connectivity index is 2.63. The fraction of sp³-hybridized carbons (Fsp3) is 0.444. The van der Waals surface area contributed by atoms with Gasteiger partial charge in [0.25, 0.3) is 5.56 Å². The second-order valence-corrected chi connectivity index (χ2v) is 2.87. The maximum atomic E-state index is 11.3. The number of rotatable bonds is 5. The van der Waals surface area contributed by atoms with Crippen LogP contribution in [0.5, 0.6) is 5.75 Å². The summed E-state index contributed by atoms with van der Waals surface area (Å²) in [5, 5.41) is 2.81. The van der Waals surface area contributed by atoms with Crippen molar-refractivity contribution in [3.63, 3.8) is 0 Å². The minimum Gasteiger partial charge on any atom is -0.489 e. The smallest absolute Gasteiger partial charge is 0.307 e. The molecular formula is C9H13N3O4. The lowest BCUT2D eigenvalue weighted by atomic mass is 10.4. The number of aromatic nitrogens is 2. The van der Waals surface area contributed by atoms with E-state index in [0.717, 1.165) is 0 Å². The second kappa shape index (κ2) is 5.74. The van der Waals surface area contributed by atoms with Crippen LogP contribution in [0.3, 0.4) is 0 Å². The molecule has 1 rings (SSSR count). The van der Waals surface area contributed by atoms with Crippen molar-refractivity contribution >= 4 is 11.8 Å². The molecule has 1 heterocycles. The van der Waals surface area contributed by atoms with Gasteiger partial charge >= 0.3 is 5.97 Å². The van der Waals surface area contributed by atoms with Gasteiger partial charge in [0, 0.05) is 6.54 Å². The van der Waals surface area contributed by atoms with E-state index in [0.29, 0.717) is 12.4 Å². The van der Waals surface area contributed by atoms with Crippen LogP contribution in [-0.4, -0.2) is 36.7 Å². The Morgan fingerprint density at radius 2 is 2.31 bits per heavy atom. The van der Waals surface area contributed by atoms with E-state index in [9.17, 15) is 9.59 Å². The molecule has 7 heteroatoms. The summed E-state index contributed by atoms with van der Waals surface area (Å²) in [4.78, 5) is 28.4. The van der Waals surface area contributed by atoms with Gasteiger partial charge in [0.05, 0.1) is 27.0 Å². The Kier molecular flexibility index (Phi) is 4.31. The Bertz CT molecular complexity index is 415. The van der Waals surface area contributed by atoms with Crippen molar-refractivity contribution in [3.8, 4) is 5.75 Å². The molecule has 0 aromatic carbocycles. The molecule has 0 aliphatic carbocycles. The van der Waals surface area contributed by atoms with Crippen LogP contribution in [0.2, 0.25) is 0 Å². The summed E-state index contributed by atoms with van der Waals surface area (Å²) in [6, 6.07) is 0. The molecule has 2 N–H and O–H groups in total. The van der Waals surface area contributed by atoms with E-state index in [-0.39, 0.29) is 23.7 Å². The monoisotopic (exact) mass is 227 g/mol. The van der Waals surface area contributed by atoms with Gasteiger partial charge in [-0.05, 0) is 0 Å². The van der Waals surface area contributed by atoms with E-state index in [1.807, 2.05) is 0 Å². The Morgan fingerprint density at radius 3 is 2.94 bits per heavy atom. The van der Waals surface area contributed by atoms with Crippen LogP contribution in [-0.2, 0) is 9.53 Å². The predicted molar refractivity (Wildman–Crippen MR) is 56.5 cm³/mol. The van der Waals surface area contributed by atoms with Crippen molar-refractivity contribution < 1.29 is 14.3 Å². The van der Waals surface area contributed by atoms with Crippen LogP contribution in [0, 0.1) is 0 Å². The van der Waals surface area contributed by atoms with Crippen LogP contribution in [0.25, 0.3) is 0 Å². The molecule has 0 spiro atoms. The highest BCUT2D eigenvalue weighted by molar-refractivity contribution is 5.69. The Hall–Kier alpha value is -2.05. The van der Waals surface area contributed by atoms with E-state index in [1.165, 1.54) is 20.5 Å². The van der Waals surface area contributed by atoms with Crippen molar-refractivity contribution in [2.75, 3.05) is 26.1 Å². The highest BCUT2D eigenvalue weighted by Gasteiger charge is 2.08. The van der Waals surface area contributed by atoms with Gasteiger partial charge in [0.15, 0.2) is 5.82 Å². The zero-order chi connectivity index (χ0) is 12.0. The molecule has 0 saturated heterocycles. The average molecular weight is 227 g/mol. The molecule has 0 radical (unpaired) electrons. The lowest BCUT2D eigenvalue weighted by Gasteiger charge is -2.07. The lowest BCUT2D eigenvalue weighted by Crippen LogP contribution is -2.16. The fourth-order valence-corrected chi connectivity index (χ4v) is 1.09. The van der Waals surface area contributed by atoms with Gasteiger partial charge in [-0.1, -0.05) is 0 Å². The largest absolute Gasteiger partial charge is 0.489 e. The number of hydrogen-bond donors (Lipinski definition) is 2. The van der Waals surface area contributed by atoms with Crippen molar-refractivity contribution in [3.05, 3.63) is 16.7 Å². The van der Waals surface area contributed by atoms with Gasteiger partial charge in [0.2, 0.25) is 5.75 Å². The summed E-state index contributed by atoms with van der Waals surface area (Å²) in [7, 11) is 2.69. The molecule has 0 fully saturated rings. The summed E-state index contributed by atoms with van der Waals surface area (Å²) in [5.74, 6) is 0.0545. The number of carbonyl (C=O) groups is 1. The number of ether oxygens (including phenoxy) is 2. The molecule has 0 amide bonds. The first-order valence-electron chi connectivity index (χ1n) is 4.61. The predicted octanol–water partition coefficient (Wildman–Crippen LogP) is -0.246. The van der Waals surface area contributed by atoms with Crippen molar-refractivity contribution in [2.24, 2.45) is 0 Å². The first-order valence-corrected chi connectivity index (χ1v) is 4.61. The van der Waals surface area contributed by atoms with Crippen LogP contribution < -0.4 is 15.6 Å². The quantitative estimate of drug-likeness (QED) is 0.674. The van der Waals surface area contributed by atoms with Crippen LogP contribution >= 0.6 is 0 Å². The lowest BCUT2D eigenvalue weighted by molar-refractivity contribution is -0.140. The summed E-state index contributed by atoms with van der Waals surface area (Å²) < 4.78 is 9.34. The molecule has 0 aliphatic heterocycles. The summed E-state index contributed by atoms with van der Waals surface area (Å²) >= 11 is 0. The molecule has 0 aliphatic rings. The minimum absolute atomic E-state index is 0.0902. The molecule has 0 saturated carbocycles. The number of methoxy groups -OCH3 is 2. The molecule has 1 aromatic rings. The molecule has 0 atom stereocenters. The summed E-state index contributed by atoms with van der Waals surface area (Å²) in [6.45, 7) is 0.319. The van der Waals surface area contributed by atoms with Gasteiger partial charge in [0.1, 0.15) is 0 Å². The number of anilines is 1. The van der Waals surface area contributed by atoms with Gasteiger partial charge < -0.3 is 19.8 Å². The second-order valence-electron chi connectivity index (χ2n) is 2.87. The van der Waals surface area contributed by atoms with Gasteiger partial charge in [-0.15, -0.1) is 0 Å². The van der Waals surface area contributed by atoms with Gasteiger partial charge in [-0.2, -0.15) is 0 Å². The molecule has 88 valence electrons. The highest BCUT2D eigenvalue weighted by Crippen LogP contribution is 2.13. The SMILES string of the molecule is COC(=O)CCNc1nc[nH]c(=O)c1OC. The van der Waals surface area contributed by atoms with Crippen molar-refractivity contribution in [1.29, 1.82) is 0 Å². The number of esters is 1. The third-order valence-electron chi connectivity index (χ3n) is 1.86. The normalized spacial score (nSPS) is 9.62. The summed E-state index contributed by atoms with van der Waals surface area (Å²) in [5.41, 5.74) is -0.377. The number of nitrogens with one attached hydrogen (secondary N) is 2. The van der Waals surface area contributed by atoms with E-state index in [1.54, 1.807) is 0 Å². The Labute approximate surface area is 91.8 Å². The van der Waals surface area contributed by atoms with Crippen LogP contribution in [0.15, 0.2) is 11.1 Å². The Morgan fingerprint density at radius 1 is 1.56 bits per heavy atom. The fourth-order valence-electron chi connectivity index (χ4n) is 1.09. The van der Waals surface area contributed by atoms with Gasteiger partial charge in [-0.25, -0.2) is 4.98 Å². The number of hydrogen-bond acceptors (Lipinski definition) is 6. The molecule has 1 aromatic heterocycles. The van der Waals surface area contributed by atoms with E-state index < -0.39 is 0 Å². The summed E-state index contributed by atoms with van der Waals surface area (Å²) in [6.07, 6.45) is 1.44. The maximum absolute atomic E-state index is 11.3. The van der Waals surface area contributed by atoms with Crippen molar-refractivity contribution in [2.45, 2.75) is 6.42 Å². The number of aromatic amines is 1. The number of H-pyrrole nitrogens is 1. The van der Waals surface area contributed by atoms with E-state index >= 15 is 0 Å². The third-order valence-corrected chi connectivity index (χ3v) is 1.86. The molecule has 0 unspecified atom stereocenters. The number of nitrogens with zero attached hydrogens (tertiary/aromatic N) is 1. The molecule has 16 heavy (non-hydrogen) atoms. The third kappa shape index (κ3) is 2.97. The molecule has 0 bridgehead atoms.